The molecule has 0 amide bonds. The molecule has 3 aromatic rings. The predicted octanol–water partition coefficient (Wildman–Crippen LogP) is 1.86. The van der Waals surface area contributed by atoms with Crippen molar-refractivity contribution in [3.8, 4) is 11.4 Å². The van der Waals surface area contributed by atoms with Crippen LogP contribution in [0.15, 0.2) is 59.8 Å². The molecule has 3 rings (SSSR count). The van der Waals surface area contributed by atoms with E-state index in [1.54, 1.807) is 24.3 Å². The van der Waals surface area contributed by atoms with E-state index < -0.39 is 20.6 Å². The monoisotopic (exact) mass is 359 g/mol. The van der Waals surface area contributed by atoms with Gasteiger partial charge in [0.2, 0.25) is 10.0 Å². The topological polar surface area (TPSA) is 131 Å². The molecule has 0 saturated carbocycles. The van der Waals surface area contributed by atoms with Crippen molar-refractivity contribution in [1.29, 1.82) is 0 Å². The van der Waals surface area contributed by atoms with Gasteiger partial charge >= 0.3 is 0 Å². The fourth-order valence-corrected chi connectivity index (χ4v) is 3.45. The highest BCUT2D eigenvalue weighted by Gasteiger charge is 2.24. The lowest BCUT2D eigenvalue weighted by atomic mass is 10.1. The highest BCUT2D eigenvalue weighted by Crippen LogP contribution is 2.23. The molecule has 0 aliphatic rings. The van der Waals surface area contributed by atoms with Gasteiger partial charge in [-0.25, -0.2) is 18.1 Å². The predicted molar refractivity (Wildman–Crippen MR) is 88.9 cm³/mol. The van der Waals surface area contributed by atoms with Crippen molar-refractivity contribution in [2.75, 3.05) is 0 Å². The van der Waals surface area contributed by atoms with Crippen LogP contribution in [0, 0.1) is 10.1 Å². The van der Waals surface area contributed by atoms with Gasteiger partial charge in [-0.3, -0.25) is 15.2 Å². The summed E-state index contributed by atoms with van der Waals surface area (Å²) in [6, 6.07) is 12.3. The average molecular weight is 359 g/mol. The van der Waals surface area contributed by atoms with Gasteiger partial charge in [0.05, 0.1) is 4.92 Å². The molecular weight excluding hydrogens is 346 g/mol. The number of nitro benzene ring substituents is 1. The summed E-state index contributed by atoms with van der Waals surface area (Å²) in [5.74, 6) is 0.559. The Kier molecular flexibility index (Phi) is 4.55. The Morgan fingerprint density at radius 1 is 1.16 bits per heavy atom. The molecule has 0 atom stereocenters. The van der Waals surface area contributed by atoms with Crippen LogP contribution in [0.2, 0.25) is 0 Å². The van der Waals surface area contributed by atoms with Crippen LogP contribution < -0.4 is 4.72 Å². The number of rotatable bonds is 6. The molecule has 2 N–H and O–H groups in total. The van der Waals surface area contributed by atoms with Gasteiger partial charge in [0.1, 0.15) is 6.33 Å². The minimum Gasteiger partial charge on any atom is -0.259 e. The Labute approximate surface area is 142 Å². The molecule has 0 aliphatic heterocycles. The van der Waals surface area contributed by atoms with Gasteiger partial charge in [0.15, 0.2) is 10.7 Å². The minimum absolute atomic E-state index is 0.0175. The summed E-state index contributed by atoms with van der Waals surface area (Å²) in [6.45, 7) is -0.0175. The molecule has 25 heavy (non-hydrogen) atoms. The summed E-state index contributed by atoms with van der Waals surface area (Å²) < 4.78 is 27.2. The third kappa shape index (κ3) is 3.70. The van der Waals surface area contributed by atoms with Gasteiger partial charge in [0.25, 0.3) is 5.69 Å². The summed E-state index contributed by atoms with van der Waals surface area (Å²) in [5.41, 5.74) is 0.960. The lowest BCUT2D eigenvalue weighted by Gasteiger charge is -2.08. The van der Waals surface area contributed by atoms with E-state index >= 15 is 0 Å². The molecule has 0 unspecified atom stereocenters. The van der Waals surface area contributed by atoms with Gasteiger partial charge in [-0.2, -0.15) is 5.10 Å². The van der Waals surface area contributed by atoms with E-state index in [1.165, 1.54) is 24.5 Å². The zero-order valence-corrected chi connectivity index (χ0v) is 13.6. The number of nitro groups is 1. The normalized spacial score (nSPS) is 11.4. The number of aromatic amines is 1. The maximum Gasteiger partial charge on any atom is 0.289 e. The number of benzene rings is 2. The molecule has 0 radical (unpaired) electrons. The summed E-state index contributed by atoms with van der Waals surface area (Å²) in [4.78, 5) is 14.0. The Bertz CT molecular complexity index is 1000. The van der Waals surface area contributed by atoms with Crippen molar-refractivity contribution in [2.45, 2.75) is 11.4 Å². The van der Waals surface area contributed by atoms with E-state index in [1.807, 2.05) is 0 Å². The molecule has 0 aliphatic carbocycles. The van der Waals surface area contributed by atoms with Crippen LogP contribution in [0.1, 0.15) is 5.56 Å². The first-order valence-electron chi connectivity index (χ1n) is 7.15. The van der Waals surface area contributed by atoms with Crippen molar-refractivity contribution in [2.24, 2.45) is 0 Å². The first-order chi connectivity index (χ1) is 12.0. The number of nitrogens with zero attached hydrogens (tertiary/aromatic N) is 3. The van der Waals surface area contributed by atoms with Crippen LogP contribution in [0.5, 0.6) is 0 Å². The Hall–Kier alpha value is -3.11. The number of aromatic nitrogens is 3. The number of H-pyrrole nitrogens is 1. The fourth-order valence-electron chi connectivity index (χ4n) is 2.26. The largest absolute Gasteiger partial charge is 0.289 e. The van der Waals surface area contributed by atoms with Crippen molar-refractivity contribution in [1.82, 2.24) is 19.9 Å². The van der Waals surface area contributed by atoms with Crippen molar-refractivity contribution >= 4 is 15.7 Å². The third-order valence-corrected chi connectivity index (χ3v) is 4.88. The number of sulfonamides is 1. The third-order valence-electron chi connectivity index (χ3n) is 3.43. The number of nitrogens with one attached hydrogen (secondary N) is 2. The van der Waals surface area contributed by atoms with E-state index in [0.717, 1.165) is 11.6 Å². The molecule has 1 aromatic heterocycles. The highest BCUT2D eigenvalue weighted by atomic mass is 32.2. The molecule has 1 heterocycles. The molecule has 10 heteroatoms. The highest BCUT2D eigenvalue weighted by molar-refractivity contribution is 7.89. The minimum atomic E-state index is -4.03. The maximum absolute atomic E-state index is 12.4. The summed E-state index contributed by atoms with van der Waals surface area (Å²) in [6.07, 6.45) is 1.37. The van der Waals surface area contributed by atoms with E-state index in [2.05, 4.69) is 19.9 Å². The lowest BCUT2D eigenvalue weighted by Crippen LogP contribution is -2.24. The van der Waals surface area contributed by atoms with Gasteiger partial charge in [0, 0.05) is 18.2 Å². The molecular formula is C15H13N5O4S. The standard InChI is InChI=1S/C15H13N5O4S/c21-20(22)13-6-1-2-7-14(13)25(23,24)18-9-11-4-3-5-12(8-11)15-16-10-17-19-15/h1-8,10,18H,9H2,(H,16,17,19). The molecule has 128 valence electrons. The van der Waals surface area contributed by atoms with Crippen LogP contribution in [0.25, 0.3) is 11.4 Å². The van der Waals surface area contributed by atoms with Gasteiger partial charge in [-0.05, 0) is 17.7 Å². The summed E-state index contributed by atoms with van der Waals surface area (Å²) in [5, 5.41) is 17.5. The van der Waals surface area contributed by atoms with Crippen LogP contribution in [0.4, 0.5) is 5.69 Å². The second-order valence-corrected chi connectivity index (χ2v) is 6.82. The van der Waals surface area contributed by atoms with Crippen LogP contribution in [0.3, 0.4) is 0 Å². The first kappa shape index (κ1) is 16.7. The fraction of sp³-hybridized carbons (Fsp3) is 0.0667. The molecule has 9 nitrogen and oxygen atoms in total. The maximum atomic E-state index is 12.4. The molecule has 2 aromatic carbocycles. The van der Waals surface area contributed by atoms with E-state index in [-0.39, 0.29) is 11.4 Å². The van der Waals surface area contributed by atoms with Crippen molar-refractivity contribution in [3.05, 3.63) is 70.5 Å². The smallest absolute Gasteiger partial charge is 0.259 e. The number of para-hydroxylation sites is 1. The molecule has 0 saturated heterocycles. The van der Waals surface area contributed by atoms with Gasteiger partial charge in [-0.15, -0.1) is 0 Å². The molecule has 0 bridgehead atoms. The second kappa shape index (κ2) is 6.79. The Morgan fingerprint density at radius 3 is 2.68 bits per heavy atom. The SMILES string of the molecule is O=[N+]([O-])c1ccccc1S(=O)(=O)NCc1cccc(-c2ncn[nH]2)c1. The Morgan fingerprint density at radius 2 is 1.96 bits per heavy atom. The average Bonchev–Trinajstić information content (AvgIpc) is 3.15. The summed E-state index contributed by atoms with van der Waals surface area (Å²) in [7, 11) is -4.03. The summed E-state index contributed by atoms with van der Waals surface area (Å²) >= 11 is 0. The zero-order chi connectivity index (χ0) is 17.9. The number of hydrogen-bond acceptors (Lipinski definition) is 6. The van der Waals surface area contributed by atoms with Crippen molar-refractivity contribution in [3.63, 3.8) is 0 Å². The van der Waals surface area contributed by atoms with Crippen molar-refractivity contribution < 1.29 is 13.3 Å². The lowest BCUT2D eigenvalue weighted by molar-refractivity contribution is -0.387. The van der Waals surface area contributed by atoms with Gasteiger partial charge in [-0.1, -0.05) is 30.3 Å². The molecule has 0 spiro atoms. The van der Waals surface area contributed by atoms with E-state index in [9.17, 15) is 18.5 Å². The molecule has 0 fully saturated rings. The van der Waals surface area contributed by atoms with Crippen LogP contribution in [-0.4, -0.2) is 28.5 Å². The van der Waals surface area contributed by atoms with Gasteiger partial charge < -0.3 is 0 Å². The van der Waals surface area contributed by atoms with Crippen LogP contribution >= 0.6 is 0 Å². The number of hydrogen-bond donors (Lipinski definition) is 2. The quantitative estimate of drug-likeness (QED) is 0.510. The zero-order valence-electron chi connectivity index (χ0n) is 12.8. The van der Waals surface area contributed by atoms with E-state index in [4.69, 9.17) is 0 Å². The second-order valence-electron chi connectivity index (χ2n) is 5.08. The first-order valence-corrected chi connectivity index (χ1v) is 8.63. The van der Waals surface area contributed by atoms with Crippen LogP contribution in [-0.2, 0) is 16.6 Å². The van der Waals surface area contributed by atoms with E-state index in [0.29, 0.717) is 11.4 Å². The Balaban J connectivity index is 1.82.